The minimum Gasteiger partial charge on any atom is -0.450 e. The van der Waals surface area contributed by atoms with E-state index in [-0.39, 0.29) is 6.09 Å². The summed E-state index contributed by atoms with van der Waals surface area (Å²) < 4.78 is 6.08. The Labute approximate surface area is 144 Å². The number of nitriles is 1. The Bertz CT molecular complexity index is 767. The van der Waals surface area contributed by atoms with Crippen LogP contribution in [0.1, 0.15) is 11.9 Å². The summed E-state index contributed by atoms with van der Waals surface area (Å²) in [5.41, 5.74) is 1.46. The van der Waals surface area contributed by atoms with Crippen molar-refractivity contribution in [3.05, 3.63) is 35.5 Å². The number of hydrogen-bond donors (Lipinski definition) is 0. The van der Waals surface area contributed by atoms with Crippen LogP contribution in [0.3, 0.4) is 0 Å². The quantitative estimate of drug-likeness (QED) is 0.802. The van der Waals surface area contributed by atoms with Gasteiger partial charge >= 0.3 is 6.09 Å². The molecule has 124 valence electrons. The molecule has 0 radical (unpaired) electrons. The fourth-order valence-corrected chi connectivity index (χ4v) is 3.48. The minimum atomic E-state index is -0.271. The highest BCUT2D eigenvalue weighted by molar-refractivity contribution is 7.19. The molecule has 0 atom stereocenters. The fourth-order valence-electron chi connectivity index (χ4n) is 2.55. The predicted molar refractivity (Wildman–Crippen MR) is 93.4 cm³/mol. The van der Waals surface area contributed by atoms with Crippen LogP contribution in [0, 0.1) is 11.3 Å². The third-order valence-corrected chi connectivity index (χ3v) is 4.87. The van der Waals surface area contributed by atoms with Crippen LogP contribution < -0.4 is 0 Å². The summed E-state index contributed by atoms with van der Waals surface area (Å²) in [6.45, 7) is 4.72. The third kappa shape index (κ3) is 3.49. The first kappa shape index (κ1) is 16.3. The summed E-state index contributed by atoms with van der Waals surface area (Å²) in [5.74, 6) is 0. The fraction of sp³-hybridized carbons (Fsp3) is 0.353. The molecule has 0 bridgehead atoms. The van der Waals surface area contributed by atoms with Crippen LogP contribution in [-0.4, -0.2) is 53.7 Å². The van der Waals surface area contributed by atoms with E-state index in [1.165, 1.54) is 11.3 Å². The van der Waals surface area contributed by atoms with E-state index in [0.29, 0.717) is 38.4 Å². The highest BCUT2D eigenvalue weighted by Crippen LogP contribution is 2.27. The van der Waals surface area contributed by atoms with E-state index in [1.807, 2.05) is 30.5 Å². The molecule has 7 heteroatoms. The summed E-state index contributed by atoms with van der Waals surface area (Å²) in [6.07, 6.45) is 1.58. The van der Waals surface area contributed by atoms with E-state index in [4.69, 9.17) is 4.74 Å². The van der Waals surface area contributed by atoms with Gasteiger partial charge in [0.2, 0.25) is 0 Å². The molecular formula is C17H18N4O2S. The van der Waals surface area contributed by atoms with Gasteiger partial charge in [-0.05, 0) is 19.1 Å². The van der Waals surface area contributed by atoms with Gasteiger partial charge in [0.25, 0.3) is 0 Å². The molecule has 1 saturated heterocycles. The highest BCUT2D eigenvalue weighted by Gasteiger charge is 2.21. The van der Waals surface area contributed by atoms with Gasteiger partial charge < -0.3 is 14.5 Å². The Hall–Kier alpha value is -2.59. The number of nitrogens with zero attached hydrogens (tertiary/aromatic N) is 4. The van der Waals surface area contributed by atoms with Crippen LogP contribution in [0.5, 0.6) is 0 Å². The van der Waals surface area contributed by atoms with Crippen LogP contribution in [-0.2, 0) is 4.74 Å². The summed E-state index contributed by atoms with van der Waals surface area (Å²) >= 11 is 1.52. The van der Waals surface area contributed by atoms with E-state index in [2.05, 4.69) is 16.0 Å². The number of allylic oxidation sites excluding steroid dienone is 1. The minimum absolute atomic E-state index is 0.271. The molecule has 1 aliphatic rings. The molecule has 2 aromatic rings. The van der Waals surface area contributed by atoms with E-state index in [1.54, 1.807) is 11.8 Å². The average molecular weight is 342 g/mol. The lowest BCUT2D eigenvalue weighted by Crippen LogP contribution is -2.47. The van der Waals surface area contributed by atoms with Crippen molar-refractivity contribution in [2.45, 2.75) is 6.92 Å². The second-order valence-electron chi connectivity index (χ2n) is 5.36. The van der Waals surface area contributed by atoms with E-state index in [0.717, 1.165) is 15.2 Å². The van der Waals surface area contributed by atoms with Crippen molar-refractivity contribution in [1.82, 2.24) is 14.8 Å². The van der Waals surface area contributed by atoms with Crippen LogP contribution in [0.15, 0.2) is 30.5 Å². The van der Waals surface area contributed by atoms with Crippen LogP contribution in [0.4, 0.5) is 4.79 Å². The van der Waals surface area contributed by atoms with Crippen molar-refractivity contribution in [3.63, 3.8) is 0 Å². The molecule has 0 aliphatic carbocycles. The van der Waals surface area contributed by atoms with Crippen molar-refractivity contribution in [2.75, 3.05) is 32.8 Å². The maximum absolute atomic E-state index is 11.7. The topological polar surface area (TPSA) is 69.5 Å². The number of rotatable bonds is 3. The van der Waals surface area contributed by atoms with Gasteiger partial charge in [-0.25, -0.2) is 9.78 Å². The SMILES string of the molecule is CCOC(=O)N1CCN(/C=C(\C#N)c2nc3ccccc3s2)CC1. The van der Waals surface area contributed by atoms with Gasteiger partial charge in [-0.15, -0.1) is 11.3 Å². The molecule has 1 amide bonds. The molecule has 0 N–H and O–H groups in total. The van der Waals surface area contributed by atoms with Gasteiger partial charge in [0.05, 0.1) is 16.8 Å². The largest absolute Gasteiger partial charge is 0.450 e. The summed E-state index contributed by atoms with van der Waals surface area (Å²) in [7, 11) is 0. The Morgan fingerprint density at radius 1 is 1.38 bits per heavy atom. The van der Waals surface area contributed by atoms with Gasteiger partial charge in [-0.3, -0.25) is 0 Å². The summed E-state index contributed by atoms with van der Waals surface area (Å²) in [6, 6.07) is 10.1. The molecule has 1 fully saturated rings. The standard InChI is InChI=1S/C17H18N4O2S/c1-2-23-17(22)21-9-7-20(8-10-21)12-13(11-18)16-19-14-5-3-4-6-15(14)24-16/h3-6,12H,2,7-10H2,1H3/b13-12+. The molecule has 1 aliphatic heterocycles. The molecule has 3 rings (SSSR count). The number of carbonyl (C=O) groups is 1. The Balaban J connectivity index is 1.70. The predicted octanol–water partition coefficient (Wildman–Crippen LogP) is 2.93. The lowest BCUT2D eigenvalue weighted by Gasteiger charge is -2.33. The maximum Gasteiger partial charge on any atom is 0.409 e. The molecule has 1 aromatic carbocycles. The van der Waals surface area contributed by atoms with Gasteiger partial charge in [0, 0.05) is 32.4 Å². The first-order valence-electron chi connectivity index (χ1n) is 7.85. The molecule has 0 unspecified atom stereocenters. The first-order valence-corrected chi connectivity index (χ1v) is 8.66. The van der Waals surface area contributed by atoms with Crippen LogP contribution in [0.2, 0.25) is 0 Å². The zero-order valence-electron chi connectivity index (χ0n) is 13.4. The van der Waals surface area contributed by atoms with Gasteiger partial charge in [0.1, 0.15) is 16.6 Å². The monoisotopic (exact) mass is 342 g/mol. The zero-order valence-corrected chi connectivity index (χ0v) is 14.3. The molecule has 24 heavy (non-hydrogen) atoms. The first-order chi connectivity index (χ1) is 11.7. The molecule has 0 saturated carbocycles. The van der Waals surface area contributed by atoms with Gasteiger partial charge in [-0.1, -0.05) is 12.1 Å². The smallest absolute Gasteiger partial charge is 0.409 e. The molecule has 6 nitrogen and oxygen atoms in total. The average Bonchev–Trinajstić information content (AvgIpc) is 3.04. The zero-order chi connectivity index (χ0) is 16.9. The maximum atomic E-state index is 11.7. The Morgan fingerprint density at radius 3 is 2.79 bits per heavy atom. The van der Waals surface area contributed by atoms with E-state index in [9.17, 15) is 10.1 Å². The molecule has 0 spiro atoms. The highest BCUT2D eigenvalue weighted by atomic mass is 32.1. The number of para-hydroxylation sites is 1. The number of ether oxygens (including phenoxy) is 1. The second-order valence-corrected chi connectivity index (χ2v) is 6.39. The Kier molecular flexibility index (Phi) is 4.96. The molecular weight excluding hydrogens is 324 g/mol. The number of benzene rings is 1. The van der Waals surface area contributed by atoms with Crippen molar-refractivity contribution in [3.8, 4) is 6.07 Å². The summed E-state index contributed by atoms with van der Waals surface area (Å²) in [4.78, 5) is 20.0. The van der Waals surface area contributed by atoms with Gasteiger partial charge in [-0.2, -0.15) is 5.26 Å². The van der Waals surface area contributed by atoms with Crippen molar-refractivity contribution >= 4 is 33.2 Å². The number of fused-ring (bicyclic) bond motifs is 1. The van der Waals surface area contributed by atoms with E-state index >= 15 is 0 Å². The Morgan fingerprint density at radius 2 is 2.12 bits per heavy atom. The van der Waals surface area contributed by atoms with Crippen LogP contribution in [0.25, 0.3) is 15.8 Å². The number of amides is 1. The number of aromatic nitrogens is 1. The van der Waals surface area contributed by atoms with Crippen molar-refractivity contribution < 1.29 is 9.53 Å². The number of hydrogen-bond acceptors (Lipinski definition) is 6. The molecule has 1 aromatic heterocycles. The number of thiazole rings is 1. The van der Waals surface area contributed by atoms with E-state index < -0.39 is 0 Å². The number of carbonyl (C=O) groups excluding carboxylic acids is 1. The van der Waals surface area contributed by atoms with Crippen molar-refractivity contribution in [1.29, 1.82) is 5.26 Å². The number of piperazine rings is 1. The van der Waals surface area contributed by atoms with Crippen LogP contribution >= 0.6 is 11.3 Å². The van der Waals surface area contributed by atoms with Gasteiger partial charge in [0.15, 0.2) is 0 Å². The third-order valence-electron chi connectivity index (χ3n) is 3.80. The lowest BCUT2D eigenvalue weighted by atomic mass is 10.3. The second kappa shape index (κ2) is 7.32. The summed E-state index contributed by atoms with van der Waals surface area (Å²) in [5, 5.41) is 10.2. The molecule has 2 heterocycles. The van der Waals surface area contributed by atoms with Crippen molar-refractivity contribution in [2.24, 2.45) is 0 Å². The normalized spacial score (nSPS) is 15.4. The lowest BCUT2D eigenvalue weighted by molar-refractivity contribution is 0.0892.